The lowest BCUT2D eigenvalue weighted by molar-refractivity contribution is -0.135. The number of amides is 4. The van der Waals surface area contributed by atoms with Crippen molar-refractivity contribution in [2.75, 3.05) is 6.54 Å². The Kier molecular flexibility index (Phi) is 4.13. The predicted molar refractivity (Wildman–Crippen MR) is 109 cm³/mol. The molecular weight excluding hydrogens is 382 g/mol. The van der Waals surface area contributed by atoms with Gasteiger partial charge in [0.15, 0.2) is 0 Å². The number of nitrogens with one attached hydrogen (secondary N) is 2. The fraction of sp³-hybridized carbons (Fsp3) is 0.261. The normalized spacial score (nSPS) is 21.2. The molecule has 7 nitrogen and oxygen atoms in total. The smallest absolute Gasteiger partial charge is 0.325 e. The van der Waals surface area contributed by atoms with Gasteiger partial charge in [0.1, 0.15) is 23.4 Å². The van der Waals surface area contributed by atoms with Crippen molar-refractivity contribution in [3.05, 3.63) is 71.5 Å². The number of hydrogen-bond donors (Lipinski definition) is 2. The number of carbonyl (C=O) groups excluding carboxylic acids is 3. The van der Waals surface area contributed by atoms with Crippen molar-refractivity contribution in [2.45, 2.75) is 31.3 Å². The number of rotatable bonds is 4. The standard InChI is InChI=1S/C23H21N3O4/c1-14(19-12-16-7-3-5-9-18(16)30-19)24-20(27)13-26-21(28)23(25-22(26)29)11-10-15-6-2-4-8-17(15)23/h2-9,12,14H,10-11,13H2,1H3,(H,24,27)(H,25,29)/t14-,23-/m1/s1. The molecule has 4 amide bonds. The van der Waals surface area contributed by atoms with Crippen molar-refractivity contribution in [2.24, 2.45) is 0 Å². The van der Waals surface area contributed by atoms with Crippen LogP contribution < -0.4 is 10.6 Å². The van der Waals surface area contributed by atoms with Crippen LogP contribution in [0.15, 0.2) is 59.0 Å². The first-order valence-electron chi connectivity index (χ1n) is 9.98. The minimum atomic E-state index is -1.06. The zero-order valence-electron chi connectivity index (χ0n) is 16.5. The topological polar surface area (TPSA) is 91.7 Å². The van der Waals surface area contributed by atoms with Gasteiger partial charge in [0.2, 0.25) is 5.91 Å². The van der Waals surface area contributed by atoms with Crippen molar-refractivity contribution < 1.29 is 18.8 Å². The first-order chi connectivity index (χ1) is 14.5. The Morgan fingerprint density at radius 1 is 1.20 bits per heavy atom. The van der Waals surface area contributed by atoms with Crippen LogP contribution >= 0.6 is 0 Å². The van der Waals surface area contributed by atoms with Gasteiger partial charge in [0.25, 0.3) is 5.91 Å². The second-order valence-corrected chi connectivity index (χ2v) is 7.86. The summed E-state index contributed by atoms with van der Waals surface area (Å²) in [6, 6.07) is 16.1. The average Bonchev–Trinajstić information content (AvgIpc) is 3.40. The lowest BCUT2D eigenvalue weighted by Gasteiger charge is -2.22. The van der Waals surface area contributed by atoms with E-state index in [-0.39, 0.29) is 12.5 Å². The van der Waals surface area contributed by atoms with Gasteiger partial charge in [-0.3, -0.25) is 14.5 Å². The molecule has 2 atom stereocenters. The van der Waals surface area contributed by atoms with Gasteiger partial charge in [-0.05, 0) is 43.0 Å². The molecule has 1 aliphatic heterocycles. The summed E-state index contributed by atoms with van der Waals surface area (Å²) in [5.41, 5.74) is 1.56. The molecule has 0 bridgehead atoms. The molecule has 3 aromatic rings. The highest BCUT2D eigenvalue weighted by molar-refractivity contribution is 6.09. The third kappa shape index (κ3) is 2.77. The molecule has 2 N–H and O–H groups in total. The van der Waals surface area contributed by atoms with E-state index >= 15 is 0 Å². The Bertz CT molecular complexity index is 1150. The number of imide groups is 1. The molecule has 2 aliphatic rings. The van der Waals surface area contributed by atoms with E-state index in [1.54, 1.807) is 6.92 Å². The molecule has 7 heteroatoms. The van der Waals surface area contributed by atoms with Gasteiger partial charge < -0.3 is 15.1 Å². The van der Waals surface area contributed by atoms with Crippen LogP contribution in [-0.4, -0.2) is 29.3 Å². The van der Waals surface area contributed by atoms with Gasteiger partial charge in [0.05, 0.1) is 6.04 Å². The van der Waals surface area contributed by atoms with Crippen molar-refractivity contribution >= 4 is 28.8 Å². The molecule has 1 saturated heterocycles. The Labute approximate surface area is 173 Å². The number of benzene rings is 2. The number of furan rings is 1. The zero-order valence-corrected chi connectivity index (χ0v) is 16.5. The summed E-state index contributed by atoms with van der Waals surface area (Å²) in [6.45, 7) is 1.47. The summed E-state index contributed by atoms with van der Waals surface area (Å²) in [4.78, 5) is 39.3. The number of hydrogen-bond acceptors (Lipinski definition) is 4. The summed E-state index contributed by atoms with van der Waals surface area (Å²) >= 11 is 0. The van der Waals surface area contributed by atoms with Crippen LogP contribution in [0.1, 0.15) is 36.3 Å². The molecule has 5 rings (SSSR count). The fourth-order valence-corrected chi connectivity index (χ4v) is 4.45. The largest absolute Gasteiger partial charge is 0.459 e. The first-order valence-corrected chi connectivity index (χ1v) is 9.98. The SMILES string of the molecule is C[C@@H](NC(=O)CN1C(=O)N[C@@]2(CCc3ccccc32)C1=O)c1cc2ccccc2o1. The van der Waals surface area contributed by atoms with E-state index in [4.69, 9.17) is 4.42 Å². The molecule has 30 heavy (non-hydrogen) atoms. The molecule has 152 valence electrons. The highest BCUT2D eigenvalue weighted by Gasteiger charge is 2.55. The lowest BCUT2D eigenvalue weighted by atomic mass is 9.92. The van der Waals surface area contributed by atoms with Crippen molar-refractivity contribution in [1.29, 1.82) is 0 Å². The van der Waals surface area contributed by atoms with Gasteiger partial charge in [-0.25, -0.2) is 4.79 Å². The van der Waals surface area contributed by atoms with Crippen LogP contribution in [0.2, 0.25) is 0 Å². The third-order valence-corrected chi connectivity index (χ3v) is 5.97. The van der Waals surface area contributed by atoms with E-state index in [1.807, 2.05) is 54.6 Å². The van der Waals surface area contributed by atoms with E-state index in [1.165, 1.54) is 0 Å². The zero-order chi connectivity index (χ0) is 20.9. The monoisotopic (exact) mass is 403 g/mol. The second-order valence-electron chi connectivity index (χ2n) is 7.86. The van der Waals surface area contributed by atoms with Crippen molar-refractivity contribution in [3.8, 4) is 0 Å². The molecule has 0 unspecified atom stereocenters. The second kappa shape index (κ2) is 6.73. The van der Waals surface area contributed by atoms with Crippen LogP contribution in [0.5, 0.6) is 0 Å². The molecule has 2 aromatic carbocycles. The number of urea groups is 1. The molecule has 0 radical (unpaired) electrons. The lowest BCUT2D eigenvalue weighted by Crippen LogP contribution is -2.44. The molecule has 0 saturated carbocycles. The number of nitrogens with zero attached hydrogens (tertiary/aromatic N) is 1. The van der Waals surface area contributed by atoms with E-state index < -0.39 is 23.5 Å². The van der Waals surface area contributed by atoms with Crippen LogP contribution in [0.25, 0.3) is 11.0 Å². The van der Waals surface area contributed by atoms with Crippen molar-refractivity contribution in [3.63, 3.8) is 0 Å². The summed E-state index contributed by atoms with van der Waals surface area (Å²) in [7, 11) is 0. The highest BCUT2D eigenvalue weighted by atomic mass is 16.3. The van der Waals surface area contributed by atoms with Gasteiger partial charge in [-0.1, -0.05) is 42.5 Å². The predicted octanol–water partition coefficient (Wildman–Crippen LogP) is 3.00. The average molecular weight is 403 g/mol. The Balaban J connectivity index is 1.30. The molecule has 1 aromatic heterocycles. The van der Waals surface area contributed by atoms with Gasteiger partial charge in [-0.2, -0.15) is 0 Å². The number of fused-ring (bicyclic) bond motifs is 3. The highest BCUT2D eigenvalue weighted by Crippen LogP contribution is 2.41. The molecule has 1 fully saturated rings. The molecule has 1 spiro atoms. The molecule has 1 aliphatic carbocycles. The van der Waals surface area contributed by atoms with Crippen LogP contribution in [0.3, 0.4) is 0 Å². The van der Waals surface area contributed by atoms with Crippen molar-refractivity contribution in [1.82, 2.24) is 15.5 Å². The molecular formula is C23H21N3O4. The van der Waals surface area contributed by atoms with Gasteiger partial charge in [-0.15, -0.1) is 0 Å². The van der Waals surface area contributed by atoms with E-state index in [0.717, 1.165) is 27.0 Å². The van der Waals surface area contributed by atoms with Crippen LogP contribution in [-0.2, 0) is 21.5 Å². The number of para-hydroxylation sites is 1. The summed E-state index contributed by atoms with van der Waals surface area (Å²) < 4.78 is 5.78. The van der Waals surface area contributed by atoms with E-state index in [2.05, 4.69) is 10.6 Å². The third-order valence-electron chi connectivity index (χ3n) is 5.97. The maximum absolute atomic E-state index is 13.2. The summed E-state index contributed by atoms with van der Waals surface area (Å²) in [5.74, 6) is -0.179. The Hall–Kier alpha value is -3.61. The van der Waals surface area contributed by atoms with Gasteiger partial charge >= 0.3 is 6.03 Å². The molecule has 2 heterocycles. The minimum Gasteiger partial charge on any atom is -0.459 e. The number of carbonyl (C=O) groups is 3. The first kappa shape index (κ1) is 18.4. The summed E-state index contributed by atoms with van der Waals surface area (Å²) in [6.07, 6.45) is 1.22. The summed E-state index contributed by atoms with van der Waals surface area (Å²) in [5, 5.41) is 6.60. The number of aryl methyl sites for hydroxylation is 1. The quantitative estimate of drug-likeness (QED) is 0.655. The van der Waals surface area contributed by atoms with E-state index in [9.17, 15) is 14.4 Å². The van der Waals surface area contributed by atoms with Crippen LogP contribution in [0.4, 0.5) is 4.79 Å². The Morgan fingerprint density at radius 2 is 1.97 bits per heavy atom. The maximum Gasteiger partial charge on any atom is 0.325 e. The van der Waals surface area contributed by atoms with Crippen LogP contribution in [0, 0.1) is 0 Å². The fourth-order valence-electron chi connectivity index (χ4n) is 4.45. The van der Waals surface area contributed by atoms with Gasteiger partial charge in [0, 0.05) is 5.39 Å². The minimum absolute atomic E-state index is 0.334. The maximum atomic E-state index is 13.2. The van der Waals surface area contributed by atoms with E-state index in [0.29, 0.717) is 18.6 Å². The Morgan fingerprint density at radius 3 is 2.80 bits per heavy atom.